The van der Waals surface area contributed by atoms with Crippen LogP contribution in [0.2, 0.25) is 0 Å². The summed E-state index contributed by atoms with van der Waals surface area (Å²) in [4.78, 5) is 22.4. The first kappa shape index (κ1) is 13.6. The number of benzene rings is 1. The van der Waals surface area contributed by atoms with E-state index in [4.69, 9.17) is 5.73 Å². The molecule has 2 aromatic rings. The molecular weight excluding hydrogens is 258 g/mol. The van der Waals surface area contributed by atoms with Crippen molar-refractivity contribution in [3.63, 3.8) is 0 Å². The van der Waals surface area contributed by atoms with Crippen LogP contribution in [-0.2, 0) is 16.1 Å². The number of nitrogens with one attached hydrogen (secondary N) is 2. The number of para-hydroxylation sites is 1. The first-order chi connectivity index (χ1) is 9.63. The fraction of sp³-hybridized carbons (Fsp3) is 0.154. The summed E-state index contributed by atoms with van der Waals surface area (Å²) in [6.07, 6.45) is 3.01. The maximum absolute atomic E-state index is 11.7. The lowest BCUT2D eigenvalue weighted by Gasteiger charge is -2.05. The molecule has 0 bridgehead atoms. The fourth-order valence-corrected chi connectivity index (χ4v) is 1.62. The Morgan fingerprint density at radius 2 is 1.95 bits per heavy atom. The SMILES string of the molecule is NC(=O)Cn1cc(NC(=O)CNc2ccccc2)cn1. The molecule has 104 valence electrons. The van der Waals surface area contributed by atoms with Crippen LogP contribution in [0.5, 0.6) is 0 Å². The monoisotopic (exact) mass is 273 g/mol. The van der Waals surface area contributed by atoms with Gasteiger partial charge in [0.15, 0.2) is 0 Å². The molecule has 7 heteroatoms. The van der Waals surface area contributed by atoms with Crippen molar-refractivity contribution in [3.8, 4) is 0 Å². The molecule has 0 aliphatic rings. The van der Waals surface area contributed by atoms with Crippen molar-refractivity contribution in [2.24, 2.45) is 5.73 Å². The highest BCUT2D eigenvalue weighted by molar-refractivity contribution is 5.93. The Balaban J connectivity index is 1.82. The highest BCUT2D eigenvalue weighted by Gasteiger charge is 2.05. The van der Waals surface area contributed by atoms with Gasteiger partial charge in [0, 0.05) is 11.9 Å². The van der Waals surface area contributed by atoms with E-state index in [1.165, 1.54) is 10.9 Å². The average Bonchev–Trinajstić information content (AvgIpc) is 2.84. The lowest BCUT2D eigenvalue weighted by molar-refractivity contribution is -0.118. The molecule has 0 aliphatic carbocycles. The molecule has 2 rings (SSSR count). The molecule has 1 aromatic carbocycles. The second-order valence-corrected chi connectivity index (χ2v) is 4.16. The third kappa shape index (κ3) is 4.13. The Bertz CT molecular complexity index is 594. The number of nitrogens with zero attached hydrogens (tertiary/aromatic N) is 2. The van der Waals surface area contributed by atoms with Gasteiger partial charge in [-0.2, -0.15) is 5.10 Å². The molecule has 0 saturated carbocycles. The number of amides is 2. The van der Waals surface area contributed by atoms with Gasteiger partial charge in [0.2, 0.25) is 11.8 Å². The third-order valence-corrected chi connectivity index (χ3v) is 2.46. The van der Waals surface area contributed by atoms with Crippen molar-refractivity contribution in [2.45, 2.75) is 6.54 Å². The fourth-order valence-electron chi connectivity index (χ4n) is 1.62. The van der Waals surface area contributed by atoms with Crippen LogP contribution in [0.1, 0.15) is 0 Å². The maximum Gasteiger partial charge on any atom is 0.243 e. The van der Waals surface area contributed by atoms with Gasteiger partial charge in [-0.3, -0.25) is 14.3 Å². The number of primary amides is 1. The van der Waals surface area contributed by atoms with Crippen molar-refractivity contribution in [3.05, 3.63) is 42.7 Å². The Morgan fingerprint density at radius 1 is 1.20 bits per heavy atom. The van der Waals surface area contributed by atoms with Crippen molar-refractivity contribution in [2.75, 3.05) is 17.2 Å². The van der Waals surface area contributed by atoms with Crippen LogP contribution < -0.4 is 16.4 Å². The minimum atomic E-state index is -0.489. The Kier molecular flexibility index (Phi) is 4.33. The molecule has 1 heterocycles. The number of hydrogen-bond donors (Lipinski definition) is 3. The minimum absolute atomic E-state index is 0.0157. The molecular formula is C13H15N5O2. The molecule has 0 atom stereocenters. The molecule has 0 unspecified atom stereocenters. The van der Waals surface area contributed by atoms with Crippen molar-refractivity contribution >= 4 is 23.2 Å². The van der Waals surface area contributed by atoms with Gasteiger partial charge < -0.3 is 16.4 Å². The minimum Gasteiger partial charge on any atom is -0.376 e. The number of hydrogen-bond acceptors (Lipinski definition) is 4. The predicted octanol–water partition coefficient (Wildman–Crippen LogP) is 0.419. The lowest BCUT2D eigenvalue weighted by atomic mass is 10.3. The highest BCUT2D eigenvalue weighted by Crippen LogP contribution is 2.06. The molecule has 4 N–H and O–H groups in total. The zero-order valence-electron chi connectivity index (χ0n) is 10.7. The van der Waals surface area contributed by atoms with Crippen LogP contribution in [0, 0.1) is 0 Å². The van der Waals surface area contributed by atoms with Gasteiger partial charge in [0.1, 0.15) is 6.54 Å². The number of nitrogens with two attached hydrogens (primary N) is 1. The van der Waals surface area contributed by atoms with E-state index in [0.717, 1.165) is 5.69 Å². The molecule has 2 amide bonds. The van der Waals surface area contributed by atoms with Crippen molar-refractivity contribution in [1.82, 2.24) is 9.78 Å². The summed E-state index contributed by atoms with van der Waals surface area (Å²) in [5, 5.41) is 9.57. The summed E-state index contributed by atoms with van der Waals surface area (Å²) in [7, 11) is 0. The molecule has 1 aromatic heterocycles. The normalized spacial score (nSPS) is 10.0. The van der Waals surface area contributed by atoms with Crippen LogP contribution in [0.15, 0.2) is 42.7 Å². The summed E-state index contributed by atoms with van der Waals surface area (Å²) >= 11 is 0. The summed E-state index contributed by atoms with van der Waals surface area (Å²) in [5.41, 5.74) is 6.44. The van der Waals surface area contributed by atoms with Crippen LogP contribution in [0.25, 0.3) is 0 Å². The second kappa shape index (κ2) is 6.37. The van der Waals surface area contributed by atoms with Crippen molar-refractivity contribution in [1.29, 1.82) is 0 Å². The average molecular weight is 273 g/mol. The number of carbonyl (C=O) groups is 2. The maximum atomic E-state index is 11.7. The Labute approximate surface area is 115 Å². The molecule has 0 radical (unpaired) electrons. The summed E-state index contributed by atoms with van der Waals surface area (Å²) < 4.78 is 1.36. The highest BCUT2D eigenvalue weighted by atomic mass is 16.2. The Morgan fingerprint density at radius 3 is 2.65 bits per heavy atom. The van der Waals surface area contributed by atoms with Gasteiger partial charge in [-0.25, -0.2) is 0 Å². The summed E-state index contributed by atoms with van der Waals surface area (Å²) in [6, 6.07) is 9.41. The number of aromatic nitrogens is 2. The van der Waals surface area contributed by atoms with Gasteiger partial charge in [0.05, 0.1) is 18.4 Å². The number of rotatable bonds is 6. The van der Waals surface area contributed by atoms with Gasteiger partial charge in [0.25, 0.3) is 0 Å². The van der Waals surface area contributed by atoms with E-state index in [9.17, 15) is 9.59 Å². The molecule has 0 spiro atoms. The quantitative estimate of drug-likeness (QED) is 0.709. The predicted molar refractivity (Wildman–Crippen MR) is 75.0 cm³/mol. The number of carbonyl (C=O) groups excluding carboxylic acids is 2. The van der Waals surface area contributed by atoms with E-state index < -0.39 is 5.91 Å². The summed E-state index contributed by atoms with van der Waals surface area (Å²) in [6.45, 7) is 0.128. The standard InChI is InChI=1S/C13H15N5O2/c14-12(19)9-18-8-11(6-16-18)17-13(20)7-15-10-4-2-1-3-5-10/h1-6,8,15H,7,9H2,(H2,14,19)(H,17,20). The van der Waals surface area contributed by atoms with Gasteiger partial charge in [-0.15, -0.1) is 0 Å². The number of anilines is 2. The zero-order chi connectivity index (χ0) is 14.4. The molecule has 7 nitrogen and oxygen atoms in total. The molecule has 0 aliphatic heterocycles. The van der Waals surface area contributed by atoms with Crippen LogP contribution >= 0.6 is 0 Å². The van der Waals surface area contributed by atoms with Gasteiger partial charge in [-0.05, 0) is 12.1 Å². The first-order valence-electron chi connectivity index (χ1n) is 6.03. The second-order valence-electron chi connectivity index (χ2n) is 4.16. The van der Waals surface area contributed by atoms with Crippen LogP contribution in [0.3, 0.4) is 0 Å². The topological polar surface area (TPSA) is 102 Å². The largest absolute Gasteiger partial charge is 0.376 e. The molecule has 20 heavy (non-hydrogen) atoms. The third-order valence-electron chi connectivity index (χ3n) is 2.46. The van der Waals surface area contributed by atoms with E-state index in [-0.39, 0.29) is 19.0 Å². The Hall–Kier alpha value is -2.83. The molecule has 0 saturated heterocycles. The smallest absolute Gasteiger partial charge is 0.243 e. The van der Waals surface area contributed by atoms with Crippen LogP contribution in [0.4, 0.5) is 11.4 Å². The van der Waals surface area contributed by atoms with E-state index in [0.29, 0.717) is 5.69 Å². The lowest BCUT2D eigenvalue weighted by Crippen LogP contribution is -2.21. The zero-order valence-corrected chi connectivity index (χ0v) is 10.7. The van der Waals surface area contributed by atoms with E-state index in [1.807, 2.05) is 30.3 Å². The van der Waals surface area contributed by atoms with Gasteiger partial charge >= 0.3 is 0 Å². The van der Waals surface area contributed by atoms with Crippen molar-refractivity contribution < 1.29 is 9.59 Å². The van der Waals surface area contributed by atoms with Crippen LogP contribution in [-0.4, -0.2) is 28.1 Å². The first-order valence-corrected chi connectivity index (χ1v) is 6.03. The van der Waals surface area contributed by atoms with Gasteiger partial charge in [-0.1, -0.05) is 18.2 Å². The van der Waals surface area contributed by atoms with E-state index in [2.05, 4.69) is 15.7 Å². The van der Waals surface area contributed by atoms with E-state index in [1.54, 1.807) is 6.20 Å². The van der Waals surface area contributed by atoms with E-state index >= 15 is 0 Å². The summed E-state index contributed by atoms with van der Waals surface area (Å²) in [5.74, 6) is -0.691. The molecule has 0 fully saturated rings.